The molecular formula is C31H17F3S3. The van der Waals surface area contributed by atoms with E-state index in [1.165, 1.54) is 52.1 Å². The van der Waals surface area contributed by atoms with Gasteiger partial charge >= 0.3 is 6.18 Å². The number of thiophene rings is 3. The summed E-state index contributed by atoms with van der Waals surface area (Å²) in [6.45, 7) is 0. The summed E-state index contributed by atoms with van der Waals surface area (Å²) < 4.78 is 44.9. The fraction of sp³-hybridized carbons (Fsp3) is 0.0323. The predicted molar refractivity (Wildman–Crippen MR) is 154 cm³/mol. The van der Waals surface area contributed by atoms with Crippen molar-refractivity contribution in [1.29, 1.82) is 0 Å². The molecule has 0 bridgehead atoms. The van der Waals surface area contributed by atoms with E-state index < -0.39 is 11.7 Å². The maximum atomic E-state index is 13.2. The average molecular weight is 543 g/mol. The van der Waals surface area contributed by atoms with Crippen LogP contribution in [0.1, 0.15) is 5.56 Å². The van der Waals surface area contributed by atoms with E-state index in [-0.39, 0.29) is 0 Å². The minimum absolute atomic E-state index is 0.559. The minimum atomic E-state index is -4.36. The topological polar surface area (TPSA) is 0 Å². The molecule has 0 unspecified atom stereocenters. The van der Waals surface area contributed by atoms with E-state index in [0.717, 1.165) is 22.1 Å². The molecule has 0 radical (unpaired) electrons. The Labute approximate surface area is 222 Å². The van der Waals surface area contributed by atoms with Crippen molar-refractivity contribution in [3.05, 3.63) is 109 Å². The van der Waals surface area contributed by atoms with Gasteiger partial charge in [-0.3, -0.25) is 0 Å². The third kappa shape index (κ3) is 3.96. The quantitative estimate of drug-likeness (QED) is 0.208. The molecule has 3 aromatic heterocycles. The molecule has 0 atom stereocenters. The van der Waals surface area contributed by atoms with Gasteiger partial charge in [0.1, 0.15) is 0 Å². The van der Waals surface area contributed by atoms with Gasteiger partial charge in [-0.05, 0) is 64.7 Å². The lowest BCUT2D eigenvalue weighted by atomic mass is 10.0. The van der Waals surface area contributed by atoms with Crippen molar-refractivity contribution in [3.63, 3.8) is 0 Å². The lowest BCUT2D eigenvalue weighted by Gasteiger charge is -2.09. The van der Waals surface area contributed by atoms with E-state index in [4.69, 9.17) is 0 Å². The Kier molecular flexibility index (Phi) is 5.25. The van der Waals surface area contributed by atoms with E-state index in [1.807, 2.05) is 46.9 Å². The molecule has 37 heavy (non-hydrogen) atoms. The summed E-state index contributed by atoms with van der Waals surface area (Å²) in [6.07, 6.45) is -4.36. The molecule has 0 nitrogen and oxygen atoms in total. The highest BCUT2D eigenvalue weighted by Gasteiger charge is 2.30. The van der Waals surface area contributed by atoms with Crippen LogP contribution in [0.15, 0.2) is 103 Å². The first-order valence-electron chi connectivity index (χ1n) is 11.7. The van der Waals surface area contributed by atoms with Gasteiger partial charge in [-0.2, -0.15) is 13.2 Å². The first-order chi connectivity index (χ1) is 17.9. The highest BCUT2D eigenvalue weighted by Crippen LogP contribution is 2.46. The van der Waals surface area contributed by atoms with Gasteiger partial charge in [-0.25, -0.2) is 0 Å². The molecule has 0 spiro atoms. The van der Waals surface area contributed by atoms with E-state index in [2.05, 4.69) is 54.6 Å². The number of hydrogen-bond acceptors (Lipinski definition) is 3. The number of hydrogen-bond donors (Lipinski definition) is 0. The van der Waals surface area contributed by atoms with Gasteiger partial charge < -0.3 is 0 Å². The monoisotopic (exact) mass is 542 g/mol. The number of halogens is 3. The standard InChI is InChI=1S/C31H17F3S3/c32-31(33,34)22-8-4-6-19(16-22)18-5-3-7-20(15-18)25-13-14-26(35-25)21-11-12-24-28(17-21)37-29-23-9-1-2-10-27(23)36-30(24)29/h1-17H. The molecular weight excluding hydrogens is 526 g/mol. The van der Waals surface area contributed by atoms with Crippen molar-refractivity contribution in [2.75, 3.05) is 0 Å². The summed E-state index contributed by atoms with van der Waals surface area (Å²) in [7, 11) is 0. The number of rotatable bonds is 3. The van der Waals surface area contributed by atoms with Gasteiger partial charge in [0.25, 0.3) is 0 Å². The van der Waals surface area contributed by atoms with Crippen LogP contribution >= 0.6 is 34.0 Å². The summed E-state index contributed by atoms with van der Waals surface area (Å²) in [5.74, 6) is 0. The van der Waals surface area contributed by atoms with Gasteiger partial charge in [0.2, 0.25) is 0 Å². The van der Waals surface area contributed by atoms with Crippen LogP contribution in [0.2, 0.25) is 0 Å². The largest absolute Gasteiger partial charge is 0.416 e. The summed E-state index contributed by atoms with van der Waals surface area (Å²) in [5.41, 5.74) is 2.87. The van der Waals surface area contributed by atoms with Crippen LogP contribution in [0.3, 0.4) is 0 Å². The van der Waals surface area contributed by atoms with Gasteiger partial charge in [0, 0.05) is 29.9 Å². The highest BCUT2D eigenvalue weighted by molar-refractivity contribution is 7.36. The predicted octanol–water partition coefficient (Wildman–Crippen LogP) is 11.4. The van der Waals surface area contributed by atoms with Gasteiger partial charge in [0.05, 0.1) is 15.0 Å². The Morgan fingerprint density at radius 3 is 1.86 bits per heavy atom. The zero-order valence-corrected chi connectivity index (χ0v) is 21.6. The Morgan fingerprint density at radius 1 is 0.459 bits per heavy atom. The molecule has 4 aromatic carbocycles. The molecule has 0 saturated carbocycles. The molecule has 180 valence electrons. The molecule has 0 aliphatic heterocycles. The molecule has 0 aliphatic rings. The molecule has 0 saturated heterocycles. The molecule has 0 N–H and O–H groups in total. The Hall–Kier alpha value is -3.45. The first-order valence-corrected chi connectivity index (χ1v) is 14.1. The van der Waals surface area contributed by atoms with Crippen LogP contribution < -0.4 is 0 Å². The highest BCUT2D eigenvalue weighted by atomic mass is 32.1. The third-order valence-corrected chi connectivity index (χ3v) is 10.3. The third-order valence-electron chi connectivity index (χ3n) is 6.55. The fourth-order valence-electron chi connectivity index (χ4n) is 4.73. The normalized spacial score (nSPS) is 12.2. The smallest absolute Gasteiger partial charge is 0.166 e. The second kappa shape index (κ2) is 8.55. The molecule has 0 fully saturated rings. The lowest BCUT2D eigenvalue weighted by molar-refractivity contribution is -0.137. The van der Waals surface area contributed by atoms with Crippen LogP contribution in [0.25, 0.3) is 61.6 Å². The van der Waals surface area contributed by atoms with Crippen LogP contribution in [0, 0.1) is 0 Å². The lowest BCUT2D eigenvalue weighted by Crippen LogP contribution is -2.04. The van der Waals surface area contributed by atoms with Crippen LogP contribution in [-0.2, 0) is 6.18 Å². The summed E-state index contributed by atoms with van der Waals surface area (Å²) in [6, 6.07) is 32.7. The Balaban J connectivity index is 1.24. The maximum absolute atomic E-state index is 13.2. The maximum Gasteiger partial charge on any atom is 0.416 e. The zero-order valence-electron chi connectivity index (χ0n) is 19.2. The van der Waals surface area contributed by atoms with Crippen LogP contribution in [-0.4, -0.2) is 0 Å². The van der Waals surface area contributed by atoms with Gasteiger partial charge in [0.15, 0.2) is 0 Å². The van der Waals surface area contributed by atoms with Crippen molar-refractivity contribution >= 4 is 63.6 Å². The van der Waals surface area contributed by atoms with Crippen molar-refractivity contribution in [2.45, 2.75) is 6.18 Å². The average Bonchev–Trinajstić information content (AvgIpc) is 3.62. The van der Waals surface area contributed by atoms with Gasteiger partial charge in [-0.1, -0.05) is 60.7 Å². The fourth-order valence-corrected chi connectivity index (χ4v) is 8.42. The van der Waals surface area contributed by atoms with Gasteiger partial charge in [-0.15, -0.1) is 34.0 Å². The second-order valence-electron chi connectivity index (χ2n) is 8.89. The molecule has 7 rings (SSSR count). The molecule has 3 heterocycles. The minimum Gasteiger partial charge on any atom is -0.166 e. The number of fused-ring (bicyclic) bond motifs is 5. The van der Waals surface area contributed by atoms with E-state index in [1.54, 1.807) is 17.4 Å². The second-order valence-corrected chi connectivity index (χ2v) is 12.1. The molecule has 0 aliphatic carbocycles. The van der Waals surface area contributed by atoms with Crippen LogP contribution in [0.5, 0.6) is 0 Å². The van der Waals surface area contributed by atoms with E-state index in [0.29, 0.717) is 5.56 Å². The summed E-state index contributed by atoms with van der Waals surface area (Å²) in [4.78, 5) is 2.25. The number of alkyl halides is 3. The SMILES string of the molecule is FC(F)(F)c1cccc(-c2cccc(-c3ccc(-c4ccc5c(c4)sc4c6ccccc6sc54)s3)c2)c1. The molecule has 7 aromatic rings. The molecule has 0 amide bonds. The summed E-state index contributed by atoms with van der Waals surface area (Å²) in [5, 5.41) is 2.62. The Morgan fingerprint density at radius 2 is 1.08 bits per heavy atom. The molecule has 6 heteroatoms. The van der Waals surface area contributed by atoms with Crippen LogP contribution in [0.4, 0.5) is 13.2 Å². The van der Waals surface area contributed by atoms with Crippen molar-refractivity contribution in [2.24, 2.45) is 0 Å². The summed E-state index contributed by atoms with van der Waals surface area (Å²) >= 11 is 5.40. The van der Waals surface area contributed by atoms with E-state index >= 15 is 0 Å². The Bertz CT molecular complexity index is 1930. The van der Waals surface area contributed by atoms with Crippen molar-refractivity contribution in [3.8, 4) is 32.0 Å². The first kappa shape index (κ1) is 22.7. The number of benzene rings is 4. The van der Waals surface area contributed by atoms with E-state index in [9.17, 15) is 13.2 Å². The zero-order chi connectivity index (χ0) is 25.1. The van der Waals surface area contributed by atoms with Crippen molar-refractivity contribution in [1.82, 2.24) is 0 Å². The van der Waals surface area contributed by atoms with Crippen molar-refractivity contribution < 1.29 is 13.2 Å².